The molecule has 160 valence electrons. The largest absolute Gasteiger partial charge is 0.327 e. The summed E-state index contributed by atoms with van der Waals surface area (Å²) in [7, 11) is 3.72. The second-order valence-electron chi connectivity index (χ2n) is 8.97. The molecule has 3 aromatic rings. The Balaban J connectivity index is 1.40. The molecule has 31 heavy (non-hydrogen) atoms. The van der Waals surface area contributed by atoms with Gasteiger partial charge in [0, 0.05) is 37.2 Å². The lowest BCUT2D eigenvalue weighted by Crippen LogP contribution is -2.42. The minimum atomic E-state index is -0.868. The third-order valence-electron chi connectivity index (χ3n) is 7.04. The summed E-state index contributed by atoms with van der Waals surface area (Å²) in [5, 5.41) is 9.11. The monoisotopic (exact) mass is 423 g/mol. The zero-order valence-corrected chi connectivity index (χ0v) is 17.5. The number of nitrogens with zero attached hydrogens (tertiary/aromatic N) is 5. The van der Waals surface area contributed by atoms with Crippen LogP contribution in [0.15, 0.2) is 24.4 Å². The number of halogens is 2. The van der Waals surface area contributed by atoms with Crippen LogP contribution in [0, 0.1) is 11.6 Å². The van der Waals surface area contributed by atoms with Gasteiger partial charge in [0.25, 0.3) is 5.91 Å². The molecule has 2 atom stereocenters. The van der Waals surface area contributed by atoms with E-state index in [0.717, 1.165) is 54.4 Å². The van der Waals surface area contributed by atoms with Crippen molar-refractivity contribution in [1.29, 1.82) is 0 Å². The van der Waals surface area contributed by atoms with Gasteiger partial charge in [0.15, 0.2) is 11.6 Å². The quantitative estimate of drug-likeness (QED) is 0.643. The molecular weight excluding hydrogens is 400 g/mol. The molecule has 1 amide bonds. The van der Waals surface area contributed by atoms with Gasteiger partial charge >= 0.3 is 0 Å². The highest BCUT2D eigenvalue weighted by Crippen LogP contribution is 2.48. The van der Waals surface area contributed by atoms with Crippen LogP contribution in [0.1, 0.15) is 65.0 Å². The minimum absolute atomic E-state index is 0.0354. The zero-order chi connectivity index (χ0) is 21.4. The van der Waals surface area contributed by atoms with Gasteiger partial charge in [0.2, 0.25) is 0 Å². The van der Waals surface area contributed by atoms with Crippen LogP contribution in [0.3, 0.4) is 0 Å². The zero-order valence-electron chi connectivity index (χ0n) is 17.5. The molecule has 4 heterocycles. The molecule has 2 aliphatic heterocycles. The summed E-state index contributed by atoms with van der Waals surface area (Å²) in [5.74, 6) is -1.26. The van der Waals surface area contributed by atoms with Gasteiger partial charge in [-0.3, -0.25) is 14.2 Å². The number of carbonyl (C=O) groups is 1. The van der Waals surface area contributed by atoms with Crippen molar-refractivity contribution < 1.29 is 13.6 Å². The first-order valence-electron chi connectivity index (χ1n) is 10.8. The summed E-state index contributed by atoms with van der Waals surface area (Å²) in [5.41, 5.74) is 5.08. The molecule has 2 aromatic heterocycles. The van der Waals surface area contributed by atoms with Crippen LogP contribution < -0.4 is 0 Å². The lowest BCUT2D eigenvalue weighted by molar-refractivity contribution is 0.0641. The van der Waals surface area contributed by atoms with Crippen molar-refractivity contribution in [2.75, 3.05) is 0 Å². The Labute approximate surface area is 178 Å². The lowest BCUT2D eigenvalue weighted by Gasteiger charge is -2.34. The number of aryl methyl sites for hydroxylation is 2. The van der Waals surface area contributed by atoms with Crippen LogP contribution in [0.2, 0.25) is 0 Å². The van der Waals surface area contributed by atoms with E-state index in [0.29, 0.717) is 23.5 Å². The van der Waals surface area contributed by atoms with Crippen LogP contribution >= 0.6 is 0 Å². The minimum Gasteiger partial charge on any atom is -0.327 e. The van der Waals surface area contributed by atoms with Crippen molar-refractivity contribution in [2.45, 2.75) is 50.1 Å². The molecule has 8 heteroatoms. The molecule has 0 radical (unpaired) electrons. The number of aromatic nitrogens is 4. The third-order valence-corrected chi connectivity index (χ3v) is 7.04. The van der Waals surface area contributed by atoms with Crippen molar-refractivity contribution in [3.05, 3.63) is 58.5 Å². The SMILES string of the molecule is Cn1nc2c(c1-c1ccc(F)c(F)c1)C[C@@H]1CC[C@H]2N1C(=O)c1cnn(C)c1C1CC1. The summed E-state index contributed by atoms with van der Waals surface area (Å²) in [6.07, 6.45) is 6.35. The number of rotatable bonds is 3. The fraction of sp³-hybridized carbons (Fsp3) is 0.435. The lowest BCUT2D eigenvalue weighted by atomic mass is 9.94. The van der Waals surface area contributed by atoms with E-state index in [1.165, 1.54) is 6.07 Å². The van der Waals surface area contributed by atoms with E-state index in [1.54, 1.807) is 16.9 Å². The molecule has 0 spiro atoms. The van der Waals surface area contributed by atoms with E-state index >= 15 is 0 Å². The van der Waals surface area contributed by atoms with Gasteiger partial charge in [0.1, 0.15) is 0 Å². The van der Waals surface area contributed by atoms with E-state index in [1.807, 2.05) is 23.7 Å². The number of hydrogen-bond donors (Lipinski definition) is 0. The third kappa shape index (κ3) is 2.70. The number of hydrogen-bond acceptors (Lipinski definition) is 3. The average Bonchev–Trinajstić information content (AvgIpc) is 3.30. The molecule has 0 N–H and O–H groups in total. The number of fused-ring (bicyclic) bond motifs is 4. The summed E-state index contributed by atoms with van der Waals surface area (Å²) in [6, 6.07) is 3.94. The van der Waals surface area contributed by atoms with Crippen molar-refractivity contribution in [3.8, 4) is 11.3 Å². The van der Waals surface area contributed by atoms with Crippen molar-refractivity contribution in [3.63, 3.8) is 0 Å². The van der Waals surface area contributed by atoms with Gasteiger partial charge in [-0.05, 0) is 50.3 Å². The Morgan fingerprint density at radius 1 is 1.06 bits per heavy atom. The van der Waals surface area contributed by atoms with Gasteiger partial charge < -0.3 is 4.90 Å². The molecular formula is C23H23F2N5O. The Bertz CT molecular complexity index is 1230. The predicted octanol–water partition coefficient (Wildman–Crippen LogP) is 3.88. The maximum Gasteiger partial charge on any atom is 0.258 e. The molecule has 2 bridgehead atoms. The topological polar surface area (TPSA) is 56.0 Å². The Morgan fingerprint density at radius 2 is 1.87 bits per heavy atom. The number of amides is 1. The van der Waals surface area contributed by atoms with E-state index < -0.39 is 11.6 Å². The Kier molecular flexibility index (Phi) is 3.91. The Hall–Kier alpha value is -3.03. The summed E-state index contributed by atoms with van der Waals surface area (Å²) >= 11 is 0. The van der Waals surface area contributed by atoms with Gasteiger partial charge in [0.05, 0.1) is 34.9 Å². The normalized spacial score (nSPS) is 22.1. The first-order chi connectivity index (χ1) is 14.9. The van der Waals surface area contributed by atoms with Gasteiger partial charge in [-0.25, -0.2) is 8.78 Å². The highest BCUT2D eigenvalue weighted by Gasteiger charge is 2.47. The highest BCUT2D eigenvalue weighted by molar-refractivity contribution is 5.96. The molecule has 1 aliphatic carbocycles. The molecule has 1 aromatic carbocycles. The van der Waals surface area contributed by atoms with Crippen molar-refractivity contribution in [2.24, 2.45) is 14.1 Å². The molecule has 6 rings (SSSR count). The predicted molar refractivity (Wildman–Crippen MR) is 109 cm³/mol. The fourth-order valence-electron chi connectivity index (χ4n) is 5.55. The van der Waals surface area contributed by atoms with Crippen LogP contribution in [0.25, 0.3) is 11.3 Å². The van der Waals surface area contributed by atoms with E-state index in [2.05, 4.69) is 5.10 Å². The molecule has 6 nitrogen and oxygen atoms in total. The molecule has 3 aliphatic rings. The van der Waals surface area contributed by atoms with Crippen LogP contribution in [0.4, 0.5) is 8.78 Å². The summed E-state index contributed by atoms with van der Waals surface area (Å²) in [4.78, 5) is 15.6. The van der Waals surface area contributed by atoms with Crippen molar-refractivity contribution >= 4 is 5.91 Å². The maximum absolute atomic E-state index is 13.9. The summed E-state index contributed by atoms with van der Waals surface area (Å²) < 4.78 is 30.9. The van der Waals surface area contributed by atoms with E-state index in [4.69, 9.17) is 5.10 Å². The van der Waals surface area contributed by atoms with Gasteiger partial charge in [-0.2, -0.15) is 10.2 Å². The maximum atomic E-state index is 13.9. The van der Waals surface area contributed by atoms with Crippen LogP contribution in [0.5, 0.6) is 0 Å². The average molecular weight is 423 g/mol. The molecule has 1 saturated carbocycles. The van der Waals surface area contributed by atoms with E-state index in [9.17, 15) is 13.6 Å². The fourth-order valence-corrected chi connectivity index (χ4v) is 5.55. The van der Waals surface area contributed by atoms with E-state index in [-0.39, 0.29) is 18.0 Å². The molecule has 2 fully saturated rings. The van der Waals surface area contributed by atoms with Crippen molar-refractivity contribution in [1.82, 2.24) is 24.5 Å². The first-order valence-corrected chi connectivity index (χ1v) is 10.8. The molecule has 0 unspecified atom stereocenters. The van der Waals surface area contributed by atoms with Crippen LogP contribution in [-0.2, 0) is 20.5 Å². The molecule has 1 saturated heterocycles. The first kappa shape index (κ1) is 18.7. The summed E-state index contributed by atoms with van der Waals surface area (Å²) in [6.45, 7) is 0. The second kappa shape index (κ2) is 6.48. The Morgan fingerprint density at radius 3 is 2.61 bits per heavy atom. The van der Waals surface area contributed by atoms with Crippen LogP contribution in [-0.4, -0.2) is 36.4 Å². The van der Waals surface area contributed by atoms with Gasteiger partial charge in [-0.1, -0.05) is 0 Å². The number of carbonyl (C=O) groups excluding carboxylic acids is 1. The second-order valence-corrected chi connectivity index (χ2v) is 8.97. The standard InChI is InChI=1S/C23H23F2N5O/c1-28-21(12-3-4-12)16(11-26-28)23(31)30-14-6-8-19(30)20-15(10-14)22(29(2)27-20)13-5-7-17(24)18(25)9-13/h5,7,9,11-12,14,19H,3-4,6,8,10H2,1-2H3/t14-,19+/m0/s1. The number of benzene rings is 1. The van der Waals surface area contributed by atoms with Gasteiger partial charge in [-0.15, -0.1) is 0 Å². The highest BCUT2D eigenvalue weighted by atomic mass is 19.2. The smallest absolute Gasteiger partial charge is 0.258 e.